The SMILES string of the molecule is CCc1ccccc1Cn1cc(-c2cn([C@@H]3CC(O)[C@H](CO)O3)c(=O)[nH]c2=O)nn1. The van der Waals surface area contributed by atoms with E-state index < -0.39 is 29.7 Å². The summed E-state index contributed by atoms with van der Waals surface area (Å²) < 4.78 is 8.36. The largest absolute Gasteiger partial charge is 0.394 e. The fraction of sp³-hybridized carbons (Fsp3) is 0.400. The quantitative estimate of drug-likeness (QED) is 0.519. The Kier molecular flexibility index (Phi) is 5.62. The number of aliphatic hydroxyl groups excluding tert-OH is 2. The van der Waals surface area contributed by atoms with Crippen LogP contribution in [0.2, 0.25) is 0 Å². The average molecular weight is 413 g/mol. The first-order chi connectivity index (χ1) is 14.5. The number of aliphatic hydroxyl groups is 2. The van der Waals surface area contributed by atoms with Gasteiger partial charge < -0.3 is 14.9 Å². The molecule has 0 amide bonds. The number of hydrogen-bond donors (Lipinski definition) is 3. The number of nitrogens with zero attached hydrogens (tertiary/aromatic N) is 4. The van der Waals surface area contributed by atoms with Gasteiger partial charge in [-0.15, -0.1) is 5.10 Å². The molecule has 0 saturated carbocycles. The van der Waals surface area contributed by atoms with Crippen molar-refractivity contribution in [2.45, 2.75) is 44.7 Å². The van der Waals surface area contributed by atoms with Crippen molar-refractivity contribution in [2.75, 3.05) is 6.61 Å². The summed E-state index contributed by atoms with van der Waals surface area (Å²) in [6, 6.07) is 8.03. The number of ether oxygens (including phenoxy) is 1. The first-order valence-electron chi connectivity index (χ1n) is 9.77. The summed E-state index contributed by atoms with van der Waals surface area (Å²) in [6.45, 7) is 2.22. The normalized spacial score (nSPS) is 21.2. The molecule has 2 aromatic heterocycles. The lowest BCUT2D eigenvalue weighted by atomic mass is 10.1. The van der Waals surface area contributed by atoms with E-state index in [4.69, 9.17) is 4.74 Å². The van der Waals surface area contributed by atoms with Crippen LogP contribution in [0.1, 0.15) is 30.7 Å². The minimum absolute atomic E-state index is 0.122. The van der Waals surface area contributed by atoms with Crippen LogP contribution in [-0.2, 0) is 17.7 Å². The molecule has 1 fully saturated rings. The highest BCUT2D eigenvalue weighted by molar-refractivity contribution is 5.54. The van der Waals surface area contributed by atoms with Gasteiger partial charge in [0.25, 0.3) is 5.56 Å². The van der Waals surface area contributed by atoms with Gasteiger partial charge in [-0.1, -0.05) is 36.4 Å². The first-order valence-corrected chi connectivity index (χ1v) is 9.77. The monoisotopic (exact) mass is 413 g/mol. The number of rotatable bonds is 6. The highest BCUT2D eigenvalue weighted by Crippen LogP contribution is 2.27. The molecule has 1 aromatic carbocycles. The van der Waals surface area contributed by atoms with Crippen LogP contribution in [0.4, 0.5) is 0 Å². The van der Waals surface area contributed by atoms with E-state index in [1.807, 2.05) is 18.2 Å². The highest BCUT2D eigenvalue weighted by Gasteiger charge is 2.35. The van der Waals surface area contributed by atoms with Crippen LogP contribution in [0.15, 0.2) is 46.2 Å². The third-order valence-corrected chi connectivity index (χ3v) is 5.31. The molecule has 0 aliphatic carbocycles. The number of aromatic nitrogens is 5. The van der Waals surface area contributed by atoms with E-state index in [-0.39, 0.29) is 18.6 Å². The molecule has 3 N–H and O–H groups in total. The van der Waals surface area contributed by atoms with Crippen molar-refractivity contribution in [2.24, 2.45) is 0 Å². The summed E-state index contributed by atoms with van der Waals surface area (Å²) in [4.78, 5) is 26.9. The number of H-pyrrole nitrogens is 1. The standard InChI is InChI=1S/C20H23N5O5/c1-2-12-5-3-4-6-13(12)8-24-10-15(22-23-24)14-9-25(20(29)21-19(14)28)18-7-16(27)17(11-26)30-18/h3-6,9-10,16-18,26-27H,2,7-8,11H2,1H3,(H,21,28,29)/t16?,17-,18-/m0/s1. The topological polar surface area (TPSA) is 135 Å². The van der Waals surface area contributed by atoms with Gasteiger partial charge in [-0.25, -0.2) is 9.48 Å². The van der Waals surface area contributed by atoms with Crippen LogP contribution in [0.25, 0.3) is 11.3 Å². The van der Waals surface area contributed by atoms with E-state index in [1.165, 1.54) is 16.3 Å². The van der Waals surface area contributed by atoms with Crippen LogP contribution in [-0.4, -0.2) is 53.6 Å². The maximum atomic E-state index is 12.4. The van der Waals surface area contributed by atoms with Gasteiger partial charge in [-0.2, -0.15) is 0 Å². The van der Waals surface area contributed by atoms with Gasteiger partial charge in [0.1, 0.15) is 18.0 Å². The maximum absolute atomic E-state index is 12.4. The fourth-order valence-electron chi connectivity index (χ4n) is 3.66. The maximum Gasteiger partial charge on any atom is 0.330 e. The van der Waals surface area contributed by atoms with Crippen molar-refractivity contribution < 1.29 is 14.9 Å². The van der Waals surface area contributed by atoms with Gasteiger partial charge in [-0.05, 0) is 17.5 Å². The van der Waals surface area contributed by atoms with Crippen LogP contribution in [0, 0.1) is 0 Å². The molecular formula is C20H23N5O5. The molecule has 4 rings (SSSR count). The third kappa shape index (κ3) is 3.84. The minimum Gasteiger partial charge on any atom is -0.394 e. The molecule has 1 unspecified atom stereocenters. The average Bonchev–Trinajstić information content (AvgIpc) is 3.34. The number of aryl methyl sites for hydroxylation is 1. The number of aromatic amines is 1. The van der Waals surface area contributed by atoms with E-state index in [0.29, 0.717) is 12.2 Å². The van der Waals surface area contributed by atoms with Gasteiger partial charge in [0.15, 0.2) is 0 Å². The number of hydrogen-bond acceptors (Lipinski definition) is 7. The predicted octanol–water partition coefficient (Wildman–Crippen LogP) is 0.0465. The smallest absolute Gasteiger partial charge is 0.330 e. The van der Waals surface area contributed by atoms with Gasteiger partial charge in [-0.3, -0.25) is 14.3 Å². The van der Waals surface area contributed by atoms with E-state index in [1.54, 1.807) is 10.9 Å². The van der Waals surface area contributed by atoms with Crippen LogP contribution >= 0.6 is 0 Å². The van der Waals surface area contributed by atoms with E-state index in [0.717, 1.165) is 12.0 Å². The molecule has 3 aromatic rings. The van der Waals surface area contributed by atoms with Gasteiger partial charge in [0, 0.05) is 12.6 Å². The Morgan fingerprint density at radius 3 is 2.70 bits per heavy atom. The third-order valence-electron chi connectivity index (χ3n) is 5.31. The van der Waals surface area contributed by atoms with E-state index in [9.17, 15) is 19.8 Å². The predicted molar refractivity (Wildman–Crippen MR) is 107 cm³/mol. The Balaban J connectivity index is 1.64. The van der Waals surface area contributed by atoms with Crippen LogP contribution in [0.3, 0.4) is 0 Å². The van der Waals surface area contributed by atoms with Crippen molar-refractivity contribution in [1.82, 2.24) is 24.5 Å². The molecule has 1 saturated heterocycles. The zero-order valence-corrected chi connectivity index (χ0v) is 16.4. The van der Waals surface area contributed by atoms with Crippen molar-refractivity contribution in [3.8, 4) is 11.3 Å². The highest BCUT2D eigenvalue weighted by atomic mass is 16.5. The minimum atomic E-state index is -0.901. The lowest BCUT2D eigenvalue weighted by Gasteiger charge is -2.14. The molecule has 10 nitrogen and oxygen atoms in total. The molecule has 1 aliphatic heterocycles. The number of nitrogens with one attached hydrogen (secondary N) is 1. The lowest BCUT2D eigenvalue weighted by Crippen LogP contribution is -2.33. The van der Waals surface area contributed by atoms with Crippen LogP contribution < -0.4 is 11.2 Å². The summed E-state index contributed by atoms with van der Waals surface area (Å²) >= 11 is 0. The Bertz CT molecular complexity index is 1150. The summed E-state index contributed by atoms with van der Waals surface area (Å²) in [6.07, 6.45) is 1.53. The van der Waals surface area contributed by atoms with E-state index in [2.05, 4.69) is 28.3 Å². The molecule has 10 heteroatoms. The van der Waals surface area contributed by atoms with E-state index >= 15 is 0 Å². The molecule has 158 valence electrons. The van der Waals surface area contributed by atoms with Gasteiger partial charge in [0.2, 0.25) is 0 Å². The zero-order valence-electron chi connectivity index (χ0n) is 16.4. The number of benzene rings is 1. The molecule has 1 aliphatic rings. The molecule has 0 spiro atoms. The molecular weight excluding hydrogens is 390 g/mol. The molecule has 0 bridgehead atoms. The Morgan fingerprint density at radius 2 is 2.00 bits per heavy atom. The second-order valence-electron chi connectivity index (χ2n) is 7.25. The van der Waals surface area contributed by atoms with Crippen LogP contribution in [0.5, 0.6) is 0 Å². The summed E-state index contributed by atoms with van der Waals surface area (Å²) in [7, 11) is 0. The van der Waals surface area contributed by atoms with Gasteiger partial charge >= 0.3 is 5.69 Å². The molecule has 0 radical (unpaired) electrons. The zero-order chi connectivity index (χ0) is 21.3. The second kappa shape index (κ2) is 8.34. The summed E-state index contributed by atoms with van der Waals surface area (Å²) in [5.74, 6) is 0. The van der Waals surface area contributed by atoms with Crippen molar-refractivity contribution in [3.05, 3.63) is 68.6 Å². The first kappa shape index (κ1) is 20.2. The Labute approximate surface area is 171 Å². The Hall–Kier alpha value is -3.08. The van der Waals surface area contributed by atoms with Crippen molar-refractivity contribution >= 4 is 0 Å². The van der Waals surface area contributed by atoms with Crippen molar-refractivity contribution in [1.29, 1.82) is 0 Å². The lowest BCUT2D eigenvalue weighted by molar-refractivity contribution is -0.0458. The fourth-order valence-corrected chi connectivity index (χ4v) is 3.66. The Morgan fingerprint density at radius 1 is 1.23 bits per heavy atom. The molecule has 3 heterocycles. The summed E-state index contributed by atoms with van der Waals surface area (Å²) in [5, 5.41) is 27.4. The van der Waals surface area contributed by atoms with Crippen molar-refractivity contribution in [3.63, 3.8) is 0 Å². The summed E-state index contributed by atoms with van der Waals surface area (Å²) in [5.41, 5.74) is 1.54. The second-order valence-corrected chi connectivity index (χ2v) is 7.25. The molecule has 3 atom stereocenters. The molecule has 30 heavy (non-hydrogen) atoms. The van der Waals surface area contributed by atoms with Gasteiger partial charge in [0.05, 0.1) is 31.0 Å².